The minimum absolute atomic E-state index is 0.508. The van der Waals surface area contributed by atoms with Gasteiger partial charge < -0.3 is 15.4 Å². The highest BCUT2D eigenvalue weighted by Gasteiger charge is 2.08. The number of ether oxygens (including phenoxy) is 1. The predicted molar refractivity (Wildman–Crippen MR) is 85.4 cm³/mol. The van der Waals surface area contributed by atoms with E-state index in [-0.39, 0.29) is 0 Å². The molecule has 0 radical (unpaired) electrons. The van der Waals surface area contributed by atoms with E-state index in [2.05, 4.69) is 15.7 Å². The number of nitrogens with one attached hydrogen (secondary N) is 2. The number of thiocarbonyl (C=S) groups is 1. The average Bonchev–Trinajstić information content (AvgIpc) is 2.73. The molecule has 0 amide bonds. The Morgan fingerprint density at radius 1 is 1.30 bits per heavy atom. The van der Waals surface area contributed by atoms with Gasteiger partial charge in [0.05, 0.1) is 29.9 Å². The first kappa shape index (κ1) is 14.3. The molecule has 2 rings (SSSR count). The smallest absolute Gasteiger partial charge is 0.175 e. The second-order valence-electron chi connectivity index (χ2n) is 4.28. The molecule has 0 aliphatic carbocycles. The van der Waals surface area contributed by atoms with Gasteiger partial charge in [0.25, 0.3) is 0 Å². The Hall–Kier alpha value is -2.08. The van der Waals surface area contributed by atoms with E-state index in [1.54, 1.807) is 10.9 Å². The van der Waals surface area contributed by atoms with Crippen molar-refractivity contribution in [3.05, 3.63) is 36.2 Å². The first-order valence-corrected chi connectivity index (χ1v) is 6.81. The fourth-order valence-electron chi connectivity index (χ4n) is 1.75. The van der Waals surface area contributed by atoms with Crippen molar-refractivity contribution < 1.29 is 4.74 Å². The molecule has 0 fully saturated rings. The monoisotopic (exact) mass is 290 g/mol. The lowest BCUT2D eigenvalue weighted by Gasteiger charge is -2.13. The van der Waals surface area contributed by atoms with E-state index in [9.17, 15) is 0 Å². The minimum Gasteiger partial charge on any atom is -0.492 e. The Bertz CT molecular complexity index is 609. The normalized spacial score (nSPS) is 10.2. The van der Waals surface area contributed by atoms with Gasteiger partial charge in [-0.25, -0.2) is 0 Å². The van der Waals surface area contributed by atoms with E-state index in [1.165, 1.54) is 0 Å². The molecule has 1 aromatic heterocycles. The summed E-state index contributed by atoms with van der Waals surface area (Å²) >= 11 is 5.32. The molecule has 0 atom stereocenters. The lowest BCUT2D eigenvalue weighted by Crippen LogP contribution is -2.20. The fraction of sp³-hybridized carbons (Fsp3) is 0.286. The number of aryl methyl sites for hydroxylation is 1. The molecule has 106 valence electrons. The van der Waals surface area contributed by atoms with Crippen LogP contribution in [0.15, 0.2) is 30.5 Å². The summed E-state index contributed by atoms with van der Waals surface area (Å²) in [5, 5.41) is 10.9. The Morgan fingerprint density at radius 2 is 2.00 bits per heavy atom. The van der Waals surface area contributed by atoms with Gasteiger partial charge in [0.2, 0.25) is 0 Å². The summed E-state index contributed by atoms with van der Waals surface area (Å²) in [7, 11) is 1.89. The molecule has 0 spiro atoms. The number of para-hydroxylation sites is 2. The van der Waals surface area contributed by atoms with E-state index >= 15 is 0 Å². The number of hydrogen-bond donors (Lipinski definition) is 2. The molecule has 0 unspecified atom stereocenters. The number of aromatic nitrogens is 2. The summed E-state index contributed by atoms with van der Waals surface area (Å²) in [6.07, 6.45) is 1.75. The van der Waals surface area contributed by atoms with Crippen molar-refractivity contribution in [3.8, 4) is 5.75 Å². The first-order valence-electron chi connectivity index (χ1n) is 6.40. The molecular weight excluding hydrogens is 272 g/mol. The Kier molecular flexibility index (Phi) is 4.57. The lowest BCUT2D eigenvalue weighted by atomic mass is 10.3. The standard InChI is InChI=1S/C14H18N4OS/c1-4-19-13-8-6-5-7-11(13)16-14(20)17-12-9-15-18(3)10(12)2/h5-9H,4H2,1-3H3,(H2,16,17,20). The Morgan fingerprint density at radius 3 is 2.65 bits per heavy atom. The number of hydrogen-bond acceptors (Lipinski definition) is 3. The maximum atomic E-state index is 5.55. The number of benzene rings is 1. The van der Waals surface area contributed by atoms with Crippen LogP contribution in [0.25, 0.3) is 0 Å². The van der Waals surface area contributed by atoms with Crippen LogP contribution in [0.2, 0.25) is 0 Å². The van der Waals surface area contributed by atoms with Gasteiger partial charge in [-0.1, -0.05) is 12.1 Å². The molecule has 0 aliphatic heterocycles. The largest absolute Gasteiger partial charge is 0.492 e. The summed E-state index contributed by atoms with van der Waals surface area (Å²) in [6, 6.07) is 7.69. The second-order valence-corrected chi connectivity index (χ2v) is 4.68. The second kappa shape index (κ2) is 6.38. The third-order valence-corrected chi connectivity index (χ3v) is 3.12. The molecule has 0 bridgehead atoms. The maximum Gasteiger partial charge on any atom is 0.175 e. The van der Waals surface area contributed by atoms with E-state index in [1.807, 2.05) is 45.2 Å². The van der Waals surface area contributed by atoms with Gasteiger partial charge in [0.1, 0.15) is 5.75 Å². The van der Waals surface area contributed by atoms with Crippen LogP contribution >= 0.6 is 12.2 Å². The van der Waals surface area contributed by atoms with Gasteiger partial charge in [0, 0.05) is 7.05 Å². The van der Waals surface area contributed by atoms with Gasteiger partial charge in [-0.05, 0) is 38.2 Å². The molecule has 1 heterocycles. The Balaban J connectivity index is 2.07. The van der Waals surface area contributed by atoms with Crippen molar-refractivity contribution in [3.63, 3.8) is 0 Å². The topological polar surface area (TPSA) is 51.1 Å². The van der Waals surface area contributed by atoms with Gasteiger partial charge in [-0.15, -0.1) is 0 Å². The molecule has 6 heteroatoms. The van der Waals surface area contributed by atoms with E-state index in [4.69, 9.17) is 17.0 Å². The molecule has 0 saturated heterocycles. The molecule has 20 heavy (non-hydrogen) atoms. The summed E-state index contributed by atoms with van der Waals surface area (Å²) in [6.45, 7) is 4.54. The third kappa shape index (κ3) is 3.27. The average molecular weight is 290 g/mol. The van der Waals surface area contributed by atoms with Crippen LogP contribution in [0.5, 0.6) is 5.75 Å². The molecule has 0 aliphatic rings. The van der Waals surface area contributed by atoms with E-state index < -0.39 is 0 Å². The zero-order chi connectivity index (χ0) is 14.5. The predicted octanol–water partition coefficient (Wildman–Crippen LogP) is 2.94. The Labute approximate surface area is 123 Å². The zero-order valence-corrected chi connectivity index (χ0v) is 12.6. The molecule has 0 saturated carbocycles. The molecule has 5 nitrogen and oxygen atoms in total. The number of anilines is 2. The van der Waals surface area contributed by atoms with Crippen LogP contribution in [0.4, 0.5) is 11.4 Å². The molecular formula is C14H18N4OS. The third-order valence-electron chi connectivity index (χ3n) is 2.92. The maximum absolute atomic E-state index is 5.55. The fourth-order valence-corrected chi connectivity index (χ4v) is 1.97. The molecule has 2 aromatic rings. The van der Waals surface area contributed by atoms with Crippen molar-refractivity contribution in [1.82, 2.24) is 9.78 Å². The van der Waals surface area contributed by atoms with Crippen molar-refractivity contribution in [2.24, 2.45) is 7.05 Å². The van der Waals surface area contributed by atoms with Gasteiger partial charge in [0.15, 0.2) is 5.11 Å². The quantitative estimate of drug-likeness (QED) is 0.848. The summed E-state index contributed by atoms with van der Waals surface area (Å²) in [5.74, 6) is 0.780. The highest BCUT2D eigenvalue weighted by molar-refractivity contribution is 7.80. The van der Waals surface area contributed by atoms with Crippen LogP contribution in [-0.4, -0.2) is 21.5 Å². The van der Waals surface area contributed by atoms with E-state index in [0.717, 1.165) is 22.8 Å². The number of rotatable bonds is 4. The van der Waals surface area contributed by atoms with Crippen LogP contribution in [0.3, 0.4) is 0 Å². The molecule has 1 aromatic carbocycles. The van der Waals surface area contributed by atoms with E-state index in [0.29, 0.717) is 11.7 Å². The van der Waals surface area contributed by atoms with Crippen LogP contribution in [0, 0.1) is 6.92 Å². The summed E-state index contributed by atoms with van der Waals surface area (Å²) in [4.78, 5) is 0. The molecule has 2 N–H and O–H groups in total. The number of nitrogens with zero attached hydrogens (tertiary/aromatic N) is 2. The van der Waals surface area contributed by atoms with Crippen molar-refractivity contribution in [2.75, 3.05) is 17.2 Å². The van der Waals surface area contributed by atoms with Gasteiger partial charge >= 0.3 is 0 Å². The highest BCUT2D eigenvalue weighted by atomic mass is 32.1. The SMILES string of the molecule is CCOc1ccccc1NC(=S)Nc1cnn(C)c1C. The summed E-state index contributed by atoms with van der Waals surface area (Å²) < 4.78 is 7.34. The van der Waals surface area contributed by atoms with Gasteiger partial charge in [-0.2, -0.15) is 5.10 Å². The highest BCUT2D eigenvalue weighted by Crippen LogP contribution is 2.24. The summed E-state index contributed by atoms with van der Waals surface area (Å²) in [5.41, 5.74) is 2.75. The zero-order valence-electron chi connectivity index (χ0n) is 11.8. The van der Waals surface area contributed by atoms with Crippen molar-refractivity contribution in [1.29, 1.82) is 0 Å². The lowest BCUT2D eigenvalue weighted by molar-refractivity contribution is 0.342. The van der Waals surface area contributed by atoms with Crippen LogP contribution in [0.1, 0.15) is 12.6 Å². The van der Waals surface area contributed by atoms with Crippen LogP contribution in [-0.2, 0) is 7.05 Å². The van der Waals surface area contributed by atoms with Crippen LogP contribution < -0.4 is 15.4 Å². The van der Waals surface area contributed by atoms with Crippen molar-refractivity contribution >= 4 is 28.7 Å². The van der Waals surface area contributed by atoms with Crippen molar-refractivity contribution in [2.45, 2.75) is 13.8 Å². The minimum atomic E-state index is 0.508. The first-order chi connectivity index (χ1) is 9.61. The van der Waals surface area contributed by atoms with Gasteiger partial charge in [-0.3, -0.25) is 4.68 Å².